The van der Waals surface area contributed by atoms with E-state index in [1.807, 2.05) is 24.4 Å². The van der Waals surface area contributed by atoms with Gasteiger partial charge in [-0.05, 0) is 23.9 Å². The monoisotopic (exact) mass is 189 g/mol. The van der Waals surface area contributed by atoms with Crippen LogP contribution in [0.2, 0.25) is 0 Å². The lowest BCUT2D eigenvalue weighted by atomic mass is 10.2. The van der Waals surface area contributed by atoms with Crippen molar-refractivity contribution < 1.29 is 0 Å². The third-order valence-corrected chi connectivity index (χ3v) is 2.85. The summed E-state index contributed by atoms with van der Waals surface area (Å²) in [6.07, 6.45) is 0. The van der Waals surface area contributed by atoms with Crippen molar-refractivity contribution in [2.24, 2.45) is 0 Å². The predicted octanol–water partition coefficient (Wildman–Crippen LogP) is 2.32. The fraction of sp³-hybridized carbons (Fsp3) is 0.111. The molecule has 0 aliphatic heterocycles. The molecule has 0 atom stereocenters. The molecule has 4 heteroatoms. The average molecular weight is 189 g/mol. The minimum Gasteiger partial charge on any atom is -0.276 e. The van der Waals surface area contributed by atoms with Crippen molar-refractivity contribution in [3.8, 4) is 16.6 Å². The summed E-state index contributed by atoms with van der Waals surface area (Å²) < 4.78 is 0. The Hall–Kier alpha value is -1.60. The summed E-state index contributed by atoms with van der Waals surface area (Å²) in [6, 6.07) is 5.80. The van der Waals surface area contributed by atoms with E-state index >= 15 is 0 Å². The van der Waals surface area contributed by atoms with Gasteiger partial charge in [-0.25, -0.2) is 0 Å². The highest BCUT2D eigenvalue weighted by Gasteiger charge is 2.06. The van der Waals surface area contributed by atoms with Gasteiger partial charge in [0, 0.05) is 6.07 Å². The van der Waals surface area contributed by atoms with Gasteiger partial charge >= 0.3 is 0 Å². The molecule has 2 heterocycles. The van der Waals surface area contributed by atoms with Gasteiger partial charge < -0.3 is 0 Å². The normalized spacial score (nSPS) is 9.85. The van der Waals surface area contributed by atoms with E-state index in [4.69, 9.17) is 5.26 Å². The standard InChI is InChI=1S/C9H7N3S/c1-6-2-3-13-9(6)8-4-7(5-10)11-12-8/h2-4H,1H3,(H,11,12). The van der Waals surface area contributed by atoms with Gasteiger partial charge in [-0.15, -0.1) is 11.3 Å². The molecule has 0 bridgehead atoms. The smallest absolute Gasteiger partial charge is 0.162 e. The van der Waals surface area contributed by atoms with Crippen molar-refractivity contribution >= 4 is 11.3 Å². The SMILES string of the molecule is Cc1ccsc1-c1cc(C#N)n[nH]1. The van der Waals surface area contributed by atoms with Crippen molar-refractivity contribution in [3.05, 3.63) is 28.8 Å². The molecule has 0 spiro atoms. The highest BCUT2D eigenvalue weighted by atomic mass is 32.1. The largest absolute Gasteiger partial charge is 0.276 e. The van der Waals surface area contributed by atoms with E-state index < -0.39 is 0 Å². The van der Waals surface area contributed by atoms with Crippen LogP contribution in [0, 0.1) is 18.3 Å². The van der Waals surface area contributed by atoms with Gasteiger partial charge in [0.2, 0.25) is 0 Å². The number of nitriles is 1. The lowest BCUT2D eigenvalue weighted by Crippen LogP contribution is -1.74. The minimum absolute atomic E-state index is 0.433. The Morgan fingerprint density at radius 3 is 3.00 bits per heavy atom. The third kappa shape index (κ3) is 1.34. The van der Waals surface area contributed by atoms with Crippen LogP contribution in [-0.2, 0) is 0 Å². The Balaban J connectivity index is 2.48. The average Bonchev–Trinajstić information content (AvgIpc) is 2.71. The molecule has 3 nitrogen and oxygen atoms in total. The lowest BCUT2D eigenvalue weighted by Gasteiger charge is -1.91. The molecule has 0 amide bonds. The molecule has 0 aliphatic rings. The van der Waals surface area contributed by atoms with Crippen molar-refractivity contribution in [2.45, 2.75) is 6.92 Å². The second-order valence-electron chi connectivity index (χ2n) is 2.71. The number of H-pyrrole nitrogens is 1. The molecule has 0 fully saturated rings. The minimum atomic E-state index is 0.433. The Morgan fingerprint density at radius 2 is 2.46 bits per heavy atom. The van der Waals surface area contributed by atoms with Crippen LogP contribution in [0.5, 0.6) is 0 Å². The van der Waals surface area contributed by atoms with E-state index in [9.17, 15) is 0 Å². The van der Waals surface area contributed by atoms with Crippen LogP contribution < -0.4 is 0 Å². The van der Waals surface area contributed by atoms with E-state index in [0.717, 1.165) is 10.6 Å². The fourth-order valence-corrected chi connectivity index (χ4v) is 2.04. The Kier molecular flexibility index (Phi) is 1.87. The molecule has 64 valence electrons. The molecule has 13 heavy (non-hydrogen) atoms. The van der Waals surface area contributed by atoms with Crippen molar-refractivity contribution in [2.75, 3.05) is 0 Å². The Bertz CT molecular complexity index is 461. The highest BCUT2D eigenvalue weighted by molar-refractivity contribution is 7.13. The molecule has 0 saturated carbocycles. The molecule has 2 aromatic rings. The van der Waals surface area contributed by atoms with Crippen LogP contribution in [0.3, 0.4) is 0 Å². The summed E-state index contributed by atoms with van der Waals surface area (Å²) >= 11 is 1.65. The van der Waals surface area contributed by atoms with Gasteiger partial charge in [0.05, 0.1) is 10.6 Å². The molecule has 0 saturated heterocycles. The van der Waals surface area contributed by atoms with Crippen molar-refractivity contribution in [1.29, 1.82) is 5.26 Å². The second-order valence-corrected chi connectivity index (χ2v) is 3.63. The number of hydrogen-bond donors (Lipinski definition) is 1. The zero-order valence-electron chi connectivity index (χ0n) is 7.03. The first kappa shape index (κ1) is 8.02. The molecule has 0 aromatic carbocycles. The summed E-state index contributed by atoms with van der Waals surface area (Å²) in [6.45, 7) is 2.04. The van der Waals surface area contributed by atoms with Crippen LogP contribution >= 0.6 is 11.3 Å². The summed E-state index contributed by atoms with van der Waals surface area (Å²) in [7, 11) is 0. The predicted molar refractivity (Wildman–Crippen MR) is 51.4 cm³/mol. The zero-order chi connectivity index (χ0) is 9.26. The molecular formula is C9H7N3S. The summed E-state index contributed by atoms with van der Waals surface area (Å²) in [5.74, 6) is 0. The molecule has 0 unspecified atom stereocenters. The quantitative estimate of drug-likeness (QED) is 0.748. The number of rotatable bonds is 1. The van der Waals surface area contributed by atoms with Crippen LogP contribution in [0.25, 0.3) is 10.6 Å². The number of hydrogen-bond acceptors (Lipinski definition) is 3. The van der Waals surface area contributed by atoms with Gasteiger partial charge in [0.25, 0.3) is 0 Å². The number of thiophene rings is 1. The number of aryl methyl sites for hydroxylation is 1. The third-order valence-electron chi connectivity index (χ3n) is 1.80. The molecule has 0 radical (unpaired) electrons. The topological polar surface area (TPSA) is 52.5 Å². The summed E-state index contributed by atoms with van der Waals surface area (Å²) in [5, 5.41) is 17.3. The zero-order valence-corrected chi connectivity index (χ0v) is 7.85. The number of nitrogens with zero attached hydrogens (tertiary/aromatic N) is 2. The Morgan fingerprint density at radius 1 is 1.62 bits per heavy atom. The molecule has 2 aromatic heterocycles. The number of aromatic nitrogens is 2. The van der Waals surface area contributed by atoms with Crippen LogP contribution in [0.1, 0.15) is 11.3 Å². The van der Waals surface area contributed by atoms with E-state index in [1.165, 1.54) is 5.56 Å². The van der Waals surface area contributed by atoms with Gasteiger partial charge in [0.1, 0.15) is 6.07 Å². The van der Waals surface area contributed by atoms with Crippen LogP contribution in [-0.4, -0.2) is 10.2 Å². The van der Waals surface area contributed by atoms with Crippen LogP contribution in [0.15, 0.2) is 17.5 Å². The first-order valence-corrected chi connectivity index (χ1v) is 4.69. The molecule has 0 aliphatic carbocycles. The van der Waals surface area contributed by atoms with Gasteiger partial charge in [0.15, 0.2) is 5.69 Å². The number of aromatic amines is 1. The molecular weight excluding hydrogens is 182 g/mol. The first-order chi connectivity index (χ1) is 6.31. The van der Waals surface area contributed by atoms with Crippen LogP contribution in [0.4, 0.5) is 0 Å². The molecule has 2 rings (SSSR count). The van der Waals surface area contributed by atoms with Crippen molar-refractivity contribution in [1.82, 2.24) is 10.2 Å². The first-order valence-electron chi connectivity index (χ1n) is 3.81. The summed E-state index contributed by atoms with van der Waals surface area (Å²) in [4.78, 5) is 1.15. The second kappa shape index (κ2) is 3.04. The highest BCUT2D eigenvalue weighted by Crippen LogP contribution is 2.27. The summed E-state index contributed by atoms with van der Waals surface area (Å²) in [5.41, 5.74) is 2.56. The van der Waals surface area contributed by atoms with E-state index in [0.29, 0.717) is 5.69 Å². The maximum atomic E-state index is 8.59. The van der Waals surface area contributed by atoms with E-state index in [2.05, 4.69) is 10.2 Å². The van der Waals surface area contributed by atoms with Crippen molar-refractivity contribution in [3.63, 3.8) is 0 Å². The maximum absolute atomic E-state index is 8.59. The van der Waals surface area contributed by atoms with Gasteiger partial charge in [-0.3, -0.25) is 5.10 Å². The maximum Gasteiger partial charge on any atom is 0.162 e. The van der Waals surface area contributed by atoms with Gasteiger partial charge in [-0.1, -0.05) is 0 Å². The number of nitrogens with one attached hydrogen (secondary N) is 1. The Labute approximate surface area is 79.6 Å². The lowest BCUT2D eigenvalue weighted by molar-refractivity contribution is 1.08. The van der Waals surface area contributed by atoms with E-state index in [1.54, 1.807) is 17.4 Å². The van der Waals surface area contributed by atoms with Gasteiger partial charge in [-0.2, -0.15) is 10.4 Å². The fourth-order valence-electron chi connectivity index (χ4n) is 1.14. The molecule has 1 N–H and O–H groups in total. The van der Waals surface area contributed by atoms with E-state index in [-0.39, 0.29) is 0 Å².